The van der Waals surface area contributed by atoms with Gasteiger partial charge in [-0.1, -0.05) is 42.1 Å². The van der Waals surface area contributed by atoms with Crippen molar-refractivity contribution in [2.75, 3.05) is 5.32 Å². The monoisotopic (exact) mass is 471 g/mol. The van der Waals surface area contributed by atoms with Crippen LogP contribution in [0.5, 0.6) is 5.75 Å². The first-order chi connectivity index (χ1) is 15.1. The smallest absolute Gasteiger partial charge is 0.406 e. The molecule has 1 atom stereocenters. The number of anilines is 1. The lowest BCUT2D eigenvalue weighted by molar-refractivity contribution is -0.141. The van der Waals surface area contributed by atoms with Crippen LogP contribution in [-0.2, 0) is 11.3 Å². The van der Waals surface area contributed by atoms with Gasteiger partial charge in [0, 0.05) is 5.69 Å². The number of benzene rings is 2. The summed E-state index contributed by atoms with van der Waals surface area (Å²) in [6.07, 6.45) is -3.14. The number of hydrogen-bond acceptors (Lipinski definition) is 4. The van der Waals surface area contributed by atoms with Crippen molar-refractivity contribution in [2.45, 2.75) is 36.7 Å². The summed E-state index contributed by atoms with van der Waals surface area (Å²) in [6, 6.07) is 13.8. The number of rotatable bonds is 8. The zero-order valence-corrected chi connectivity index (χ0v) is 17.5. The van der Waals surface area contributed by atoms with E-state index in [1.54, 1.807) is 30.3 Å². The zero-order chi connectivity index (χ0) is 23.3. The zero-order valence-electron chi connectivity index (χ0n) is 16.6. The Kier molecular flexibility index (Phi) is 7.39. The second-order valence-electron chi connectivity index (χ2n) is 6.65. The SMILES string of the molecule is CC(Sc1ncc(-c2ccccc2)n1CC(F)(F)F)C(=O)Nc1ccc(OC(F)F)cc1. The number of nitrogens with one attached hydrogen (secondary N) is 1. The van der Waals surface area contributed by atoms with Crippen LogP contribution in [0.1, 0.15) is 6.92 Å². The molecule has 5 nitrogen and oxygen atoms in total. The molecule has 0 aliphatic carbocycles. The number of alkyl halides is 5. The van der Waals surface area contributed by atoms with Crippen LogP contribution in [0.2, 0.25) is 0 Å². The van der Waals surface area contributed by atoms with Crippen molar-refractivity contribution in [3.63, 3.8) is 0 Å². The molecule has 0 spiro atoms. The van der Waals surface area contributed by atoms with Gasteiger partial charge in [-0.05, 0) is 36.8 Å². The van der Waals surface area contributed by atoms with E-state index in [-0.39, 0.29) is 16.6 Å². The number of halogens is 5. The lowest BCUT2D eigenvalue weighted by atomic mass is 10.2. The molecule has 0 aliphatic heterocycles. The van der Waals surface area contributed by atoms with Crippen molar-refractivity contribution < 1.29 is 31.5 Å². The molecule has 0 saturated heterocycles. The molecule has 32 heavy (non-hydrogen) atoms. The first kappa shape index (κ1) is 23.6. The second-order valence-corrected chi connectivity index (χ2v) is 7.95. The summed E-state index contributed by atoms with van der Waals surface area (Å²) < 4.78 is 69.3. The van der Waals surface area contributed by atoms with E-state index in [1.807, 2.05) is 0 Å². The van der Waals surface area contributed by atoms with E-state index in [1.165, 1.54) is 37.4 Å². The van der Waals surface area contributed by atoms with E-state index in [9.17, 15) is 26.7 Å². The van der Waals surface area contributed by atoms with Crippen LogP contribution in [0.4, 0.5) is 27.6 Å². The fourth-order valence-corrected chi connectivity index (χ4v) is 3.69. The minimum absolute atomic E-state index is 0.0458. The number of thioether (sulfide) groups is 1. The van der Waals surface area contributed by atoms with Crippen molar-refractivity contribution in [1.29, 1.82) is 0 Å². The van der Waals surface area contributed by atoms with Gasteiger partial charge in [-0.15, -0.1) is 0 Å². The highest BCUT2D eigenvalue weighted by molar-refractivity contribution is 8.00. The molecular formula is C21H18F5N3O2S. The molecule has 0 fully saturated rings. The van der Waals surface area contributed by atoms with Crippen LogP contribution in [-0.4, -0.2) is 33.5 Å². The highest BCUT2D eigenvalue weighted by Gasteiger charge is 2.31. The molecule has 0 saturated carbocycles. The number of aromatic nitrogens is 2. The minimum Gasteiger partial charge on any atom is -0.435 e. The fraction of sp³-hybridized carbons (Fsp3) is 0.238. The summed E-state index contributed by atoms with van der Waals surface area (Å²) in [5, 5.41) is 1.85. The average molecular weight is 471 g/mol. The third-order valence-electron chi connectivity index (χ3n) is 4.22. The van der Waals surface area contributed by atoms with E-state index in [0.717, 1.165) is 16.3 Å². The molecule has 1 N–H and O–H groups in total. The van der Waals surface area contributed by atoms with E-state index in [0.29, 0.717) is 11.3 Å². The Bertz CT molecular complexity index is 1040. The number of carbonyl (C=O) groups is 1. The van der Waals surface area contributed by atoms with Crippen LogP contribution < -0.4 is 10.1 Å². The van der Waals surface area contributed by atoms with E-state index in [2.05, 4.69) is 15.0 Å². The molecule has 1 unspecified atom stereocenters. The van der Waals surface area contributed by atoms with E-state index < -0.39 is 30.5 Å². The molecule has 3 aromatic rings. The van der Waals surface area contributed by atoms with Crippen molar-refractivity contribution in [1.82, 2.24) is 9.55 Å². The topological polar surface area (TPSA) is 56.2 Å². The third-order valence-corrected chi connectivity index (χ3v) is 5.33. The fourth-order valence-electron chi connectivity index (χ4n) is 2.80. The van der Waals surface area contributed by atoms with Gasteiger partial charge in [0.25, 0.3) is 0 Å². The van der Waals surface area contributed by atoms with Gasteiger partial charge in [0.15, 0.2) is 5.16 Å². The largest absolute Gasteiger partial charge is 0.435 e. The van der Waals surface area contributed by atoms with E-state index >= 15 is 0 Å². The lowest BCUT2D eigenvalue weighted by Gasteiger charge is -2.16. The maximum atomic E-state index is 13.2. The molecule has 1 aromatic heterocycles. The number of hydrogen-bond donors (Lipinski definition) is 1. The maximum absolute atomic E-state index is 13.2. The summed E-state index contributed by atoms with van der Waals surface area (Å²) in [6.45, 7) is -2.68. The van der Waals surface area contributed by atoms with Crippen LogP contribution >= 0.6 is 11.8 Å². The summed E-state index contributed by atoms with van der Waals surface area (Å²) in [4.78, 5) is 16.6. The van der Waals surface area contributed by atoms with Gasteiger partial charge < -0.3 is 14.6 Å². The number of ether oxygens (including phenoxy) is 1. The summed E-state index contributed by atoms with van der Waals surface area (Å²) in [5.41, 5.74) is 1.18. The predicted octanol–water partition coefficient (Wildman–Crippen LogP) is 5.83. The molecule has 170 valence electrons. The van der Waals surface area contributed by atoms with Gasteiger partial charge in [0.1, 0.15) is 12.3 Å². The van der Waals surface area contributed by atoms with Crippen molar-refractivity contribution in [3.8, 4) is 17.0 Å². The summed E-state index contributed by atoms with van der Waals surface area (Å²) >= 11 is 0.881. The Hall–Kier alpha value is -3.08. The summed E-state index contributed by atoms with van der Waals surface area (Å²) in [5.74, 6) is -0.552. The van der Waals surface area contributed by atoms with E-state index in [4.69, 9.17) is 0 Å². The molecule has 11 heteroatoms. The van der Waals surface area contributed by atoms with Crippen LogP contribution in [0, 0.1) is 0 Å². The molecule has 0 radical (unpaired) electrons. The highest BCUT2D eigenvalue weighted by atomic mass is 32.2. The molecule has 1 heterocycles. The standard InChI is InChI=1S/C21H18F5N3O2S/c1-13(18(30)28-15-7-9-16(10-8-15)31-19(22)23)32-20-27-11-17(14-5-3-2-4-6-14)29(20)12-21(24,25)26/h2-11,13,19H,12H2,1H3,(H,28,30). The normalized spacial score (nSPS) is 12.6. The number of imidazole rings is 1. The van der Waals surface area contributed by atoms with Gasteiger partial charge in [0.2, 0.25) is 5.91 Å². The van der Waals surface area contributed by atoms with Crippen LogP contribution in [0.3, 0.4) is 0 Å². The Morgan fingerprint density at radius 3 is 2.38 bits per heavy atom. The lowest BCUT2D eigenvalue weighted by Crippen LogP contribution is -2.24. The highest BCUT2D eigenvalue weighted by Crippen LogP contribution is 2.32. The molecular weight excluding hydrogens is 453 g/mol. The van der Waals surface area contributed by atoms with Crippen molar-refractivity contribution in [2.24, 2.45) is 0 Å². The molecule has 0 bridgehead atoms. The maximum Gasteiger partial charge on any atom is 0.406 e. The Morgan fingerprint density at radius 1 is 1.12 bits per heavy atom. The van der Waals surface area contributed by atoms with Gasteiger partial charge in [-0.3, -0.25) is 4.79 Å². The number of nitrogens with zero attached hydrogens (tertiary/aromatic N) is 2. The average Bonchev–Trinajstić information content (AvgIpc) is 3.10. The molecule has 3 rings (SSSR count). The molecule has 2 aromatic carbocycles. The molecule has 1 amide bonds. The van der Waals surface area contributed by atoms with Crippen LogP contribution in [0.15, 0.2) is 66.0 Å². The van der Waals surface area contributed by atoms with Gasteiger partial charge in [-0.2, -0.15) is 22.0 Å². The van der Waals surface area contributed by atoms with Crippen LogP contribution in [0.25, 0.3) is 11.3 Å². The first-order valence-electron chi connectivity index (χ1n) is 9.32. The predicted molar refractivity (Wildman–Crippen MR) is 111 cm³/mol. The number of amides is 1. The van der Waals surface area contributed by atoms with Gasteiger partial charge in [-0.25, -0.2) is 4.98 Å². The van der Waals surface area contributed by atoms with Gasteiger partial charge >= 0.3 is 12.8 Å². The minimum atomic E-state index is -4.48. The van der Waals surface area contributed by atoms with Gasteiger partial charge in [0.05, 0.1) is 17.1 Å². The van der Waals surface area contributed by atoms with Crippen molar-refractivity contribution in [3.05, 3.63) is 60.8 Å². The molecule has 0 aliphatic rings. The van der Waals surface area contributed by atoms with Crippen molar-refractivity contribution >= 4 is 23.4 Å². The number of carbonyl (C=O) groups excluding carboxylic acids is 1. The Labute approximate surface area is 184 Å². The third kappa shape index (κ3) is 6.46. The first-order valence-corrected chi connectivity index (χ1v) is 10.2. The Balaban J connectivity index is 1.74. The second kappa shape index (κ2) is 10.0. The quantitative estimate of drug-likeness (QED) is 0.332. The Morgan fingerprint density at radius 2 is 1.78 bits per heavy atom. The summed E-state index contributed by atoms with van der Waals surface area (Å²) in [7, 11) is 0.